The molecule has 1 heterocycles. The van der Waals surface area contributed by atoms with Crippen LogP contribution in [-0.4, -0.2) is 129 Å². The summed E-state index contributed by atoms with van der Waals surface area (Å²) in [6.45, 7) is 6.74. The van der Waals surface area contributed by atoms with E-state index in [1.165, 1.54) is 0 Å². The van der Waals surface area contributed by atoms with Crippen LogP contribution in [0.15, 0.2) is 0 Å². The van der Waals surface area contributed by atoms with E-state index in [1.54, 1.807) is 0 Å². The van der Waals surface area contributed by atoms with Gasteiger partial charge in [-0.25, -0.2) is 0 Å². The predicted molar refractivity (Wildman–Crippen MR) is 157 cm³/mol. The molecule has 0 aromatic rings. The van der Waals surface area contributed by atoms with Crippen LogP contribution in [-0.2, 0) is 95.3 Å². The van der Waals surface area contributed by atoms with Gasteiger partial charge >= 0.3 is 53.7 Å². The van der Waals surface area contributed by atoms with Crippen LogP contribution >= 0.6 is 0 Å². The minimum atomic E-state index is -1.97. The van der Waals surface area contributed by atoms with Crippen molar-refractivity contribution >= 4 is 53.7 Å². The van der Waals surface area contributed by atoms with Gasteiger partial charge in [0.25, 0.3) is 0 Å². The van der Waals surface area contributed by atoms with Crippen LogP contribution in [0.2, 0.25) is 0 Å². The fourth-order valence-corrected chi connectivity index (χ4v) is 4.59. The summed E-state index contributed by atoms with van der Waals surface area (Å²) in [5, 5.41) is 0. The maximum atomic E-state index is 12.4. The summed E-state index contributed by atoms with van der Waals surface area (Å²) >= 11 is 0. The highest BCUT2D eigenvalue weighted by atomic mass is 16.8. The first-order valence-corrected chi connectivity index (χ1v) is 15.0. The molecule has 0 radical (unpaired) electrons. The number of carbonyl (C=O) groups is 9. The summed E-state index contributed by atoms with van der Waals surface area (Å²) in [4.78, 5) is 109. The number of ether oxygens (including phenoxy) is 11. The first-order chi connectivity index (χ1) is 23.2. The molecular formula is C30H42O20. The molecule has 1 saturated heterocycles. The van der Waals surface area contributed by atoms with Crippen molar-refractivity contribution < 1.29 is 95.3 Å². The van der Waals surface area contributed by atoms with Gasteiger partial charge in [0.05, 0.1) is 0 Å². The minimum Gasteiger partial charge on any atom is -0.463 e. The highest BCUT2D eigenvalue weighted by molar-refractivity contribution is 5.70. The van der Waals surface area contributed by atoms with E-state index in [-0.39, 0.29) is 0 Å². The molecule has 9 atom stereocenters. The molecule has 0 aromatic heterocycles. The van der Waals surface area contributed by atoms with E-state index in [0.717, 1.165) is 62.3 Å². The molecule has 0 saturated carbocycles. The third-order valence-corrected chi connectivity index (χ3v) is 6.13. The Balaban J connectivity index is 4.07. The Morgan fingerprint density at radius 3 is 1.26 bits per heavy atom. The first-order valence-electron chi connectivity index (χ1n) is 15.0. The molecule has 282 valence electrons. The minimum absolute atomic E-state index is 0.654. The van der Waals surface area contributed by atoms with Gasteiger partial charge in [-0.2, -0.15) is 0 Å². The summed E-state index contributed by atoms with van der Waals surface area (Å²) in [5.74, 6) is -8.38. The molecule has 50 heavy (non-hydrogen) atoms. The number of rotatable bonds is 17. The van der Waals surface area contributed by atoms with E-state index < -0.39 is 129 Å². The SMILES string of the molecule is CC(=O)OC[C@@H]1O[C@@H](O[C@H]([C@H](OC(C)=O)[C@@H](COC(C)=O)OC(C)=O)[C@@H](COC(C)=O)OC(C)=O)[C@@H](OC(C)=O)[C@@H](OC(C)=O)[C@H]1OC(C)=O. The Labute approximate surface area is 286 Å². The van der Waals surface area contributed by atoms with Gasteiger partial charge in [-0.05, 0) is 0 Å². The molecule has 1 aliphatic rings. The van der Waals surface area contributed by atoms with Crippen molar-refractivity contribution in [2.45, 2.75) is 117 Å². The summed E-state index contributed by atoms with van der Waals surface area (Å²) in [7, 11) is 0. The zero-order valence-corrected chi connectivity index (χ0v) is 29.0. The predicted octanol–water partition coefficient (Wildman–Crippen LogP) is -0.624. The van der Waals surface area contributed by atoms with Crippen LogP contribution in [0.1, 0.15) is 62.3 Å². The van der Waals surface area contributed by atoms with E-state index in [1.807, 2.05) is 0 Å². The number of carbonyl (C=O) groups excluding carboxylic acids is 9. The van der Waals surface area contributed by atoms with Crippen molar-refractivity contribution in [3.8, 4) is 0 Å². The summed E-state index contributed by atoms with van der Waals surface area (Å²) in [5.41, 5.74) is 0. The topological polar surface area (TPSA) is 255 Å². The van der Waals surface area contributed by atoms with E-state index in [9.17, 15) is 43.2 Å². The molecule has 0 aromatic carbocycles. The van der Waals surface area contributed by atoms with Crippen LogP contribution < -0.4 is 0 Å². The lowest BCUT2D eigenvalue weighted by Gasteiger charge is -2.46. The molecule has 0 bridgehead atoms. The second-order valence-corrected chi connectivity index (χ2v) is 10.6. The fourth-order valence-electron chi connectivity index (χ4n) is 4.59. The molecular weight excluding hydrogens is 680 g/mol. The third-order valence-electron chi connectivity index (χ3n) is 6.13. The highest BCUT2D eigenvalue weighted by Crippen LogP contribution is 2.33. The fraction of sp³-hybridized carbons (Fsp3) is 0.700. The van der Waals surface area contributed by atoms with Gasteiger partial charge in [0.15, 0.2) is 42.9 Å². The van der Waals surface area contributed by atoms with Crippen LogP contribution in [0.4, 0.5) is 0 Å². The van der Waals surface area contributed by atoms with Crippen molar-refractivity contribution in [3.05, 3.63) is 0 Å². The Morgan fingerprint density at radius 1 is 0.460 bits per heavy atom. The molecule has 1 rings (SSSR count). The quantitative estimate of drug-likeness (QED) is 0.134. The normalized spacial score (nSPS) is 22.1. The molecule has 0 aliphatic carbocycles. The van der Waals surface area contributed by atoms with E-state index >= 15 is 0 Å². The van der Waals surface area contributed by atoms with Crippen LogP contribution in [0.5, 0.6) is 0 Å². The Hall–Kier alpha value is -4.85. The largest absolute Gasteiger partial charge is 0.463 e. The first kappa shape index (κ1) is 43.2. The lowest BCUT2D eigenvalue weighted by atomic mass is 9.97. The second kappa shape index (κ2) is 20.6. The van der Waals surface area contributed by atoms with E-state index in [4.69, 9.17) is 52.1 Å². The van der Waals surface area contributed by atoms with Crippen molar-refractivity contribution in [3.63, 3.8) is 0 Å². The van der Waals surface area contributed by atoms with Gasteiger partial charge in [-0.15, -0.1) is 0 Å². The second-order valence-electron chi connectivity index (χ2n) is 10.6. The molecule has 1 fully saturated rings. The summed E-state index contributed by atoms with van der Waals surface area (Å²) in [6, 6.07) is 0. The van der Waals surface area contributed by atoms with Gasteiger partial charge < -0.3 is 52.1 Å². The molecule has 20 nitrogen and oxygen atoms in total. The monoisotopic (exact) mass is 722 g/mol. The van der Waals surface area contributed by atoms with Gasteiger partial charge in [-0.1, -0.05) is 0 Å². The smallest absolute Gasteiger partial charge is 0.303 e. The molecule has 20 heteroatoms. The van der Waals surface area contributed by atoms with Crippen LogP contribution in [0, 0.1) is 0 Å². The number of hydrogen-bond acceptors (Lipinski definition) is 20. The molecule has 0 spiro atoms. The van der Waals surface area contributed by atoms with Crippen LogP contribution in [0.25, 0.3) is 0 Å². The van der Waals surface area contributed by atoms with Crippen molar-refractivity contribution in [2.75, 3.05) is 19.8 Å². The Bertz CT molecular complexity index is 1260. The highest BCUT2D eigenvalue weighted by Gasteiger charge is 2.55. The standard InChI is InChI=1S/C30H42O20/c1-13(31)40-10-22(43-16(4)34)25(45-18(6)36)26(23(44-17(5)35)11-41-14(2)32)50-30-29(48-21(9)39)28(47-20(8)38)27(46-19(7)37)24(49-30)12-42-15(3)33/h22-30H,10-12H2,1-9H3/t22-,23-,24+,25-,26+,27+,28+,29+,30+/m1/s1. The van der Waals surface area contributed by atoms with E-state index in [0.29, 0.717) is 0 Å². The molecule has 0 amide bonds. The van der Waals surface area contributed by atoms with E-state index in [2.05, 4.69) is 0 Å². The summed E-state index contributed by atoms with van der Waals surface area (Å²) in [6.07, 6.45) is -15.9. The van der Waals surface area contributed by atoms with Crippen molar-refractivity contribution in [1.82, 2.24) is 0 Å². The van der Waals surface area contributed by atoms with Crippen molar-refractivity contribution in [2.24, 2.45) is 0 Å². The zero-order valence-electron chi connectivity index (χ0n) is 29.0. The average Bonchev–Trinajstić information content (AvgIpc) is 2.95. The summed E-state index contributed by atoms with van der Waals surface area (Å²) < 4.78 is 59.5. The third kappa shape index (κ3) is 15.6. The van der Waals surface area contributed by atoms with Gasteiger partial charge in [0, 0.05) is 62.3 Å². The zero-order chi connectivity index (χ0) is 38.3. The molecule has 1 aliphatic heterocycles. The maximum Gasteiger partial charge on any atom is 0.303 e. The van der Waals surface area contributed by atoms with Gasteiger partial charge in [0.1, 0.15) is 32.0 Å². The molecule has 0 N–H and O–H groups in total. The lowest BCUT2D eigenvalue weighted by molar-refractivity contribution is -0.331. The lowest BCUT2D eigenvalue weighted by Crippen LogP contribution is -2.65. The van der Waals surface area contributed by atoms with Crippen LogP contribution in [0.3, 0.4) is 0 Å². The Morgan fingerprint density at radius 2 is 0.860 bits per heavy atom. The van der Waals surface area contributed by atoms with Gasteiger partial charge in [-0.3, -0.25) is 43.2 Å². The average molecular weight is 723 g/mol. The van der Waals surface area contributed by atoms with Crippen molar-refractivity contribution in [1.29, 1.82) is 0 Å². The number of esters is 9. The molecule has 0 unspecified atom stereocenters. The maximum absolute atomic E-state index is 12.4. The van der Waals surface area contributed by atoms with Gasteiger partial charge in [0.2, 0.25) is 0 Å². The Kier molecular flexibility index (Phi) is 17.8. The number of hydrogen-bond donors (Lipinski definition) is 0.